The Bertz CT molecular complexity index is 1080. The quantitative estimate of drug-likeness (QED) is 0.594. The van der Waals surface area contributed by atoms with Gasteiger partial charge in [-0.1, -0.05) is 35.0 Å². The van der Waals surface area contributed by atoms with Crippen molar-refractivity contribution in [3.8, 4) is 17.0 Å². The molecule has 2 N–H and O–H groups in total. The standard InChI is InChI=1S/C20H16ClF2N3O4/c1-10-16(18(26-30-10)17-12(21)6-5-8-14(17)23)20(28)25-24-19(27)11(2)29-15-9-4-3-7-13(15)22/h3-9,11H,1-2H3,(H,24,27)(H,25,28). The molecule has 10 heteroatoms. The fourth-order valence-electron chi connectivity index (χ4n) is 2.60. The van der Waals surface area contributed by atoms with Crippen LogP contribution >= 0.6 is 11.6 Å². The highest BCUT2D eigenvalue weighted by Gasteiger charge is 2.26. The number of carbonyl (C=O) groups excluding carboxylic acids is 2. The van der Waals surface area contributed by atoms with E-state index < -0.39 is 29.6 Å². The van der Waals surface area contributed by atoms with Gasteiger partial charge in [-0.3, -0.25) is 20.4 Å². The van der Waals surface area contributed by atoms with Gasteiger partial charge in [0.2, 0.25) is 0 Å². The summed E-state index contributed by atoms with van der Waals surface area (Å²) < 4.78 is 38.1. The molecule has 0 saturated heterocycles. The van der Waals surface area contributed by atoms with Crippen LogP contribution in [-0.2, 0) is 4.79 Å². The summed E-state index contributed by atoms with van der Waals surface area (Å²) in [5.41, 5.74) is 4.01. The molecule has 1 atom stereocenters. The molecule has 7 nitrogen and oxygen atoms in total. The second kappa shape index (κ2) is 8.91. The number of nitrogens with zero attached hydrogens (tertiary/aromatic N) is 1. The first-order chi connectivity index (χ1) is 14.3. The van der Waals surface area contributed by atoms with Crippen molar-refractivity contribution < 1.29 is 27.6 Å². The molecule has 0 aliphatic heterocycles. The first-order valence-electron chi connectivity index (χ1n) is 8.71. The van der Waals surface area contributed by atoms with Gasteiger partial charge in [0.05, 0.1) is 10.6 Å². The third kappa shape index (κ3) is 4.41. The smallest absolute Gasteiger partial charge is 0.279 e. The van der Waals surface area contributed by atoms with E-state index in [1.807, 2.05) is 0 Å². The number of aryl methyl sites for hydroxylation is 1. The molecule has 1 aromatic heterocycles. The van der Waals surface area contributed by atoms with Crippen molar-refractivity contribution in [2.45, 2.75) is 20.0 Å². The van der Waals surface area contributed by atoms with E-state index in [0.717, 1.165) is 6.07 Å². The Labute approximate surface area is 174 Å². The third-order valence-corrected chi connectivity index (χ3v) is 4.41. The summed E-state index contributed by atoms with van der Waals surface area (Å²) in [5, 5.41) is 3.75. The summed E-state index contributed by atoms with van der Waals surface area (Å²) in [6.07, 6.45) is -1.12. The summed E-state index contributed by atoms with van der Waals surface area (Å²) in [6, 6.07) is 9.59. The highest BCUT2D eigenvalue weighted by atomic mass is 35.5. The first kappa shape index (κ1) is 21.3. The van der Waals surface area contributed by atoms with Gasteiger partial charge in [-0.05, 0) is 38.1 Å². The lowest BCUT2D eigenvalue weighted by atomic mass is 10.1. The average Bonchev–Trinajstić information content (AvgIpc) is 3.08. The molecule has 0 spiro atoms. The number of para-hydroxylation sites is 1. The van der Waals surface area contributed by atoms with Crippen LogP contribution in [0.5, 0.6) is 5.75 Å². The van der Waals surface area contributed by atoms with E-state index in [9.17, 15) is 18.4 Å². The van der Waals surface area contributed by atoms with Crippen molar-refractivity contribution in [2.24, 2.45) is 0 Å². The van der Waals surface area contributed by atoms with Crippen LogP contribution in [-0.4, -0.2) is 23.1 Å². The zero-order valence-electron chi connectivity index (χ0n) is 15.8. The summed E-state index contributed by atoms with van der Waals surface area (Å²) in [7, 11) is 0. The van der Waals surface area contributed by atoms with E-state index in [2.05, 4.69) is 16.0 Å². The van der Waals surface area contributed by atoms with Crippen molar-refractivity contribution in [3.05, 3.63) is 70.4 Å². The summed E-state index contributed by atoms with van der Waals surface area (Å²) in [4.78, 5) is 24.8. The number of hydrogen-bond acceptors (Lipinski definition) is 5. The van der Waals surface area contributed by atoms with Gasteiger partial charge in [-0.15, -0.1) is 0 Å². The number of amides is 2. The fraction of sp³-hybridized carbons (Fsp3) is 0.150. The zero-order valence-corrected chi connectivity index (χ0v) is 16.6. The lowest BCUT2D eigenvalue weighted by Crippen LogP contribution is -2.47. The van der Waals surface area contributed by atoms with E-state index in [4.69, 9.17) is 20.9 Å². The Morgan fingerprint density at radius 3 is 2.50 bits per heavy atom. The van der Waals surface area contributed by atoms with Crippen LogP contribution in [0.1, 0.15) is 23.0 Å². The number of hydrazine groups is 1. The Balaban J connectivity index is 1.72. The molecule has 30 heavy (non-hydrogen) atoms. The van der Waals surface area contributed by atoms with Gasteiger partial charge in [-0.25, -0.2) is 8.78 Å². The van der Waals surface area contributed by atoms with Crippen LogP contribution in [0.3, 0.4) is 0 Å². The van der Waals surface area contributed by atoms with Gasteiger partial charge < -0.3 is 9.26 Å². The van der Waals surface area contributed by atoms with Crippen LogP contribution < -0.4 is 15.6 Å². The molecule has 0 aliphatic rings. The Morgan fingerprint density at radius 1 is 1.10 bits per heavy atom. The number of nitrogens with one attached hydrogen (secondary N) is 2. The maximum absolute atomic E-state index is 14.2. The minimum absolute atomic E-state index is 0.0355. The number of hydrogen-bond donors (Lipinski definition) is 2. The van der Waals surface area contributed by atoms with Crippen molar-refractivity contribution >= 4 is 23.4 Å². The number of rotatable bonds is 5. The maximum Gasteiger partial charge on any atom is 0.279 e. The van der Waals surface area contributed by atoms with Gasteiger partial charge in [0.15, 0.2) is 17.7 Å². The van der Waals surface area contributed by atoms with Crippen LogP contribution in [0.25, 0.3) is 11.3 Å². The normalized spacial score (nSPS) is 11.6. The lowest BCUT2D eigenvalue weighted by Gasteiger charge is -2.15. The average molecular weight is 436 g/mol. The number of aromatic nitrogens is 1. The van der Waals surface area contributed by atoms with Crippen LogP contribution in [0.2, 0.25) is 5.02 Å². The van der Waals surface area contributed by atoms with Gasteiger partial charge in [-0.2, -0.15) is 0 Å². The lowest BCUT2D eigenvalue weighted by molar-refractivity contribution is -0.128. The second-order valence-corrected chi connectivity index (χ2v) is 6.60. The first-order valence-corrected chi connectivity index (χ1v) is 9.09. The van der Waals surface area contributed by atoms with E-state index in [0.29, 0.717) is 0 Å². The van der Waals surface area contributed by atoms with Crippen molar-refractivity contribution in [2.75, 3.05) is 0 Å². The highest BCUT2D eigenvalue weighted by molar-refractivity contribution is 6.33. The molecule has 1 heterocycles. The summed E-state index contributed by atoms with van der Waals surface area (Å²) in [6.45, 7) is 2.83. The molecule has 3 rings (SSSR count). The Morgan fingerprint density at radius 2 is 1.80 bits per heavy atom. The van der Waals surface area contributed by atoms with Gasteiger partial charge >= 0.3 is 0 Å². The summed E-state index contributed by atoms with van der Waals surface area (Å²) in [5.74, 6) is -2.90. The Kier molecular flexibility index (Phi) is 6.31. The van der Waals surface area contributed by atoms with Crippen molar-refractivity contribution in [3.63, 3.8) is 0 Å². The van der Waals surface area contributed by atoms with Crippen molar-refractivity contribution in [1.29, 1.82) is 0 Å². The zero-order chi connectivity index (χ0) is 21.8. The molecule has 2 amide bonds. The number of carbonyl (C=O) groups is 2. The molecule has 0 fully saturated rings. The molecule has 0 bridgehead atoms. The van der Waals surface area contributed by atoms with Crippen LogP contribution in [0.4, 0.5) is 8.78 Å². The van der Waals surface area contributed by atoms with Gasteiger partial charge in [0, 0.05) is 0 Å². The fourth-order valence-corrected chi connectivity index (χ4v) is 2.85. The number of benzene rings is 2. The second-order valence-electron chi connectivity index (χ2n) is 6.19. The topological polar surface area (TPSA) is 93.5 Å². The van der Waals surface area contributed by atoms with Gasteiger partial charge in [0.1, 0.15) is 22.8 Å². The predicted octanol–water partition coefficient (Wildman–Crippen LogP) is 3.81. The van der Waals surface area contributed by atoms with Crippen LogP contribution in [0, 0.1) is 18.6 Å². The predicted molar refractivity (Wildman–Crippen MR) is 104 cm³/mol. The van der Waals surface area contributed by atoms with Crippen molar-refractivity contribution in [1.82, 2.24) is 16.0 Å². The number of ether oxygens (including phenoxy) is 1. The highest BCUT2D eigenvalue weighted by Crippen LogP contribution is 2.33. The molecule has 2 aromatic carbocycles. The number of halogens is 3. The molecule has 3 aromatic rings. The largest absolute Gasteiger partial charge is 0.478 e. The SMILES string of the molecule is Cc1onc(-c2c(F)cccc2Cl)c1C(=O)NNC(=O)C(C)Oc1ccccc1F. The molecule has 0 aliphatic carbocycles. The molecule has 1 unspecified atom stereocenters. The van der Waals surface area contributed by atoms with E-state index in [1.165, 1.54) is 44.2 Å². The van der Waals surface area contributed by atoms with Gasteiger partial charge in [0.25, 0.3) is 11.8 Å². The monoisotopic (exact) mass is 435 g/mol. The minimum Gasteiger partial charge on any atom is -0.478 e. The molecule has 156 valence electrons. The summed E-state index contributed by atoms with van der Waals surface area (Å²) >= 11 is 6.04. The molecule has 0 radical (unpaired) electrons. The molecular weight excluding hydrogens is 420 g/mol. The Hall–Kier alpha value is -3.46. The van der Waals surface area contributed by atoms with E-state index >= 15 is 0 Å². The third-order valence-electron chi connectivity index (χ3n) is 4.10. The van der Waals surface area contributed by atoms with E-state index in [-0.39, 0.29) is 33.4 Å². The molecular formula is C20H16ClF2N3O4. The van der Waals surface area contributed by atoms with Crippen LogP contribution in [0.15, 0.2) is 47.0 Å². The minimum atomic E-state index is -1.12. The maximum atomic E-state index is 14.2. The molecule has 0 saturated carbocycles. The van der Waals surface area contributed by atoms with E-state index in [1.54, 1.807) is 6.07 Å².